The Kier molecular flexibility index (Phi) is 4.74. The molecule has 1 fully saturated rings. The smallest absolute Gasteiger partial charge is 0.184 e. The van der Waals surface area contributed by atoms with E-state index in [0.29, 0.717) is 6.61 Å². The second-order valence-electron chi connectivity index (χ2n) is 3.43. The molecule has 0 unspecified atom stereocenters. The molecule has 1 heterocycles. The highest BCUT2D eigenvalue weighted by Gasteiger charge is 2.43. The number of halogens is 1. The zero-order valence-corrected chi connectivity index (χ0v) is 8.23. The van der Waals surface area contributed by atoms with E-state index in [9.17, 15) is 4.39 Å². The van der Waals surface area contributed by atoms with Crippen LogP contribution < -0.4 is 0 Å². The zero-order valence-electron chi connectivity index (χ0n) is 8.23. The fourth-order valence-corrected chi connectivity index (χ4v) is 1.29. The molecule has 0 saturated carbocycles. The van der Waals surface area contributed by atoms with E-state index in [1.807, 2.05) is 6.92 Å². The Bertz CT molecular complexity index is 167. The van der Waals surface area contributed by atoms with Crippen molar-refractivity contribution >= 4 is 0 Å². The minimum Gasteiger partial charge on any atom is -0.385 e. The van der Waals surface area contributed by atoms with Crippen LogP contribution in [0.2, 0.25) is 0 Å². The fourth-order valence-electron chi connectivity index (χ4n) is 1.29. The molecule has 1 rings (SSSR count). The van der Waals surface area contributed by atoms with Crippen LogP contribution >= 0.6 is 0 Å². The Morgan fingerprint density at radius 3 is 2.64 bits per heavy atom. The van der Waals surface area contributed by atoms with Crippen LogP contribution in [0.15, 0.2) is 0 Å². The predicted octanol–water partition coefficient (Wildman–Crippen LogP) is 0.219. The highest BCUT2D eigenvalue weighted by atomic mass is 19.1. The number of ether oxygens (including phenoxy) is 2. The van der Waals surface area contributed by atoms with Crippen molar-refractivity contribution in [2.75, 3.05) is 13.2 Å². The Labute approximate surface area is 82.6 Å². The van der Waals surface area contributed by atoms with Crippen LogP contribution in [0.1, 0.15) is 19.8 Å². The standard InChI is InChI=1S/C9H17FO4/c1-2-3-4-13-5-6-7(10)8(11)9(12)14-6/h6-9,11-12H,2-5H2,1H3/t6-,7-,8-,9+/m1/s1. The van der Waals surface area contributed by atoms with Crippen LogP contribution in [0, 0.1) is 0 Å². The largest absolute Gasteiger partial charge is 0.385 e. The van der Waals surface area contributed by atoms with Gasteiger partial charge >= 0.3 is 0 Å². The van der Waals surface area contributed by atoms with Crippen molar-refractivity contribution in [2.45, 2.75) is 44.4 Å². The van der Waals surface area contributed by atoms with E-state index in [1.165, 1.54) is 0 Å². The quantitative estimate of drug-likeness (QED) is 0.634. The summed E-state index contributed by atoms with van der Waals surface area (Å²) < 4.78 is 23.0. The fraction of sp³-hybridized carbons (Fsp3) is 1.00. The summed E-state index contributed by atoms with van der Waals surface area (Å²) in [6.07, 6.45) is -3.37. The molecule has 0 radical (unpaired) electrons. The molecule has 0 aliphatic carbocycles. The van der Waals surface area contributed by atoms with E-state index >= 15 is 0 Å². The summed E-state index contributed by atoms with van der Waals surface area (Å²) in [6, 6.07) is 0. The Morgan fingerprint density at radius 2 is 2.14 bits per heavy atom. The number of aliphatic hydroxyl groups excluding tert-OH is 2. The van der Waals surface area contributed by atoms with Gasteiger partial charge in [-0.1, -0.05) is 13.3 Å². The number of hydrogen-bond acceptors (Lipinski definition) is 4. The third kappa shape index (κ3) is 2.88. The molecule has 5 heteroatoms. The molecule has 2 N–H and O–H groups in total. The van der Waals surface area contributed by atoms with Gasteiger partial charge in [0, 0.05) is 6.61 Å². The summed E-state index contributed by atoms with van der Waals surface area (Å²) in [5, 5.41) is 18.0. The van der Waals surface area contributed by atoms with Gasteiger partial charge in [-0.2, -0.15) is 0 Å². The van der Waals surface area contributed by atoms with Gasteiger partial charge < -0.3 is 19.7 Å². The molecule has 4 nitrogen and oxygen atoms in total. The van der Waals surface area contributed by atoms with E-state index in [2.05, 4.69) is 0 Å². The summed E-state index contributed by atoms with van der Waals surface area (Å²) in [5.74, 6) is 0. The zero-order chi connectivity index (χ0) is 10.6. The van der Waals surface area contributed by atoms with Crippen LogP contribution in [-0.4, -0.2) is 48.1 Å². The molecule has 1 saturated heterocycles. The van der Waals surface area contributed by atoms with E-state index < -0.39 is 24.7 Å². The third-order valence-electron chi connectivity index (χ3n) is 2.21. The summed E-state index contributed by atoms with van der Waals surface area (Å²) in [7, 11) is 0. The maximum atomic E-state index is 13.1. The lowest BCUT2D eigenvalue weighted by Gasteiger charge is -2.12. The van der Waals surface area contributed by atoms with Gasteiger partial charge in [0.05, 0.1) is 6.61 Å². The monoisotopic (exact) mass is 208 g/mol. The second kappa shape index (κ2) is 5.60. The number of hydrogen-bond donors (Lipinski definition) is 2. The van der Waals surface area contributed by atoms with Crippen molar-refractivity contribution in [1.29, 1.82) is 0 Å². The van der Waals surface area contributed by atoms with Gasteiger partial charge in [-0.05, 0) is 6.42 Å². The number of unbranched alkanes of at least 4 members (excludes halogenated alkanes) is 1. The number of aliphatic hydroxyl groups is 2. The van der Waals surface area contributed by atoms with Gasteiger partial charge in [0.25, 0.3) is 0 Å². The molecular formula is C9H17FO4. The van der Waals surface area contributed by atoms with Gasteiger partial charge in [0.2, 0.25) is 0 Å². The molecule has 0 aromatic heterocycles. The summed E-state index contributed by atoms with van der Waals surface area (Å²) in [4.78, 5) is 0. The Balaban J connectivity index is 2.19. The van der Waals surface area contributed by atoms with Gasteiger partial charge in [0.15, 0.2) is 12.5 Å². The van der Waals surface area contributed by atoms with Crippen molar-refractivity contribution in [3.8, 4) is 0 Å². The summed E-state index contributed by atoms with van der Waals surface area (Å²) in [5.41, 5.74) is 0. The van der Waals surface area contributed by atoms with E-state index in [0.717, 1.165) is 12.8 Å². The maximum Gasteiger partial charge on any atom is 0.184 e. The lowest BCUT2D eigenvalue weighted by atomic mass is 10.2. The van der Waals surface area contributed by atoms with Crippen LogP contribution in [0.5, 0.6) is 0 Å². The van der Waals surface area contributed by atoms with Gasteiger partial charge in [-0.15, -0.1) is 0 Å². The summed E-state index contributed by atoms with van der Waals surface area (Å²) >= 11 is 0. The molecule has 1 aliphatic rings. The summed E-state index contributed by atoms with van der Waals surface area (Å²) in [6.45, 7) is 2.66. The molecular weight excluding hydrogens is 191 g/mol. The average Bonchev–Trinajstić information content (AvgIpc) is 2.41. The molecule has 0 spiro atoms. The Hall–Kier alpha value is -0.230. The normalized spacial score (nSPS) is 37.7. The highest BCUT2D eigenvalue weighted by molar-refractivity contribution is 4.85. The van der Waals surface area contributed by atoms with Crippen LogP contribution in [0.4, 0.5) is 4.39 Å². The second-order valence-corrected chi connectivity index (χ2v) is 3.43. The molecule has 0 bridgehead atoms. The lowest BCUT2D eigenvalue weighted by molar-refractivity contribution is -0.137. The van der Waals surface area contributed by atoms with Gasteiger partial charge in [0.1, 0.15) is 12.2 Å². The van der Waals surface area contributed by atoms with Crippen molar-refractivity contribution < 1.29 is 24.1 Å². The van der Waals surface area contributed by atoms with E-state index in [1.54, 1.807) is 0 Å². The first-order valence-corrected chi connectivity index (χ1v) is 4.90. The molecule has 0 amide bonds. The minimum absolute atomic E-state index is 0.0787. The first-order valence-electron chi connectivity index (χ1n) is 4.90. The molecule has 1 aliphatic heterocycles. The average molecular weight is 208 g/mol. The molecule has 84 valence electrons. The minimum atomic E-state index is -1.56. The highest BCUT2D eigenvalue weighted by Crippen LogP contribution is 2.22. The van der Waals surface area contributed by atoms with Crippen molar-refractivity contribution in [1.82, 2.24) is 0 Å². The van der Waals surface area contributed by atoms with Crippen LogP contribution in [0.3, 0.4) is 0 Å². The predicted molar refractivity (Wildman–Crippen MR) is 47.5 cm³/mol. The molecule has 4 atom stereocenters. The third-order valence-corrected chi connectivity index (χ3v) is 2.21. The van der Waals surface area contributed by atoms with E-state index in [-0.39, 0.29) is 6.61 Å². The molecule has 0 aromatic carbocycles. The SMILES string of the molecule is CCCCOC[C@H]1O[C@H](O)[C@H](O)[C@@H]1F. The van der Waals surface area contributed by atoms with Crippen molar-refractivity contribution in [3.05, 3.63) is 0 Å². The topological polar surface area (TPSA) is 58.9 Å². The maximum absolute atomic E-state index is 13.1. The van der Waals surface area contributed by atoms with Crippen LogP contribution in [-0.2, 0) is 9.47 Å². The first-order chi connectivity index (χ1) is 6.66. The van der Waals surface area contributed by atoms with Crippen molar-refractivity contribution in [2.24, 2.45) is 0 Å². The number of alkyl halides is 1. The van der Waals surface area contributed by atoms with Gasteiger partial charge in [-0.25, -0.2) is 4.39 Å². The Morgan fingerprint density at radius 1 is 1.43 bits per heavy atom. The van der Waals surface area contributed by atoms with Crippen LogP contribution in [0.25, 0.3) is 0 Å². The molecule has 0 aromatic rings. The first kappa shape index (κ1) is 11.8. The number of rotatable bonds is 5. The molecule has 14 heavy (non-hydrogen) atoms. The van der Waals surface area contributed by atoms with Gasteiger partial charge in [-0.3, -0.25) is 0 Å². The van der Waals surface area contributed by atoms with E-state index in [4.69, 9.17) is 19.7 Å². The van der Waals surface area contributed by atoms with Crippen molar-refractivity contribution in [3.63, 3.8) is 0 Å². The lowest BCUT2D eigenvalue weighted by Crippen LogP contribution is -2.30.